The number of hydrogen-bond acceptors (Lipinski definition) is 0. The summed E-state index contributed by atoms with van der Waals surface area (Å²) < 4.78 is 162. The Morgan fingerprint density at radius 2 is 0.885 bits per heavy atom. The van der Waals surface area contributed by atoms with Crippen molar-refractivity contribution in [2.45, 2.75) is 12.1 Å². The molecule has 26 heavy (non-hydrogen) atoms. The maximum atomic E-state index is 14.3. The number of hydrogen-bond donors (Lipinski definition) is 0. The highest BCUT2D eigenvalue weighted by Gasteiger charge is 2.58. The third kappa shape index (κ3) is 2.01. The fourth-order valence-electron chi connectivity index (χ4n) is 2.76. The van der Waals surface area contributed by atoms with Crippen molar-refractivity contribution in [3.8, 4) is 11.1 Å². The van der Waals surface area contributed by atoms with Crippen LogP contribution in [-0.2, 0) is 12.1 Å². The van der Waals surface area contributed by atoms with E-state index in [9.17, 15) is 52.7 Å². The quantitative estimate of drug-likeness (QED) is 0.300. The van der Waals surface area contributed by atoms with Crippen LogP contribution in [0, 0.1) is 40.7 Å². The van der Waals surface area contributed by atoms with E-state index in [4.69, 9.17) is 0 Å². The third-order valence-corrected chi connectivity index (χ3v) is 3.75. The van der Waals surface area contributed by atoms with Crippen LogP contribution in [-0.4, -0.2) is 0 Å². The third-order valence-electron chi connectivity index (χ3n) is 3.75. The second-order valence-corrected chi connectivity index (χ2v) is 5.15. The Bertz CT molecular complexity index is 970. The molecule has 0 saturated carbocycles. The van der Waals surface area contributed by atoms with Crippen molar-refractivity contribution in [2.24, 2.45) is 0 Å². The summed E-state index contributed by atoms with van der Waals surface area (Å²) in [5, 5.41) is 0. The normalized spacial score (nSPS) is 15.2. The Kier molecular flexibility index (Phi) is 3.59. The van der Waals surface area contributed by atoms with Crippen molar-refractivity contribution >= 4 is 0 Å². The summed E-state index contributed by atoms with van der Waals surface area (Å²) in [5.41, 5.74) is -12.6. The SMILES string of the molecule is Fc1c(F)c(F)c2c(c1F)-c1c(F)c(F)c(F)c(C(F)(F)F)c1C2(F)F. The van der Waals surface area contributed by atoms with Gasteiger partial charge in [0.1, 0.15) is 5.56 Å². The lowest BCUT2D eigenvalue weighted by molar-refractivity contribution is -0.143. The lowest BCUT2D eigenvalue weighted by Crippen LogP contribution is -2.23. The van der Waals surface area contributed by atoms with Crippen LogP contribution in [0.3, 0.4) is 0 Å². The van der Waals surface area contributed by atoms with E-state index in [1.54, 1.807) is 0 Å². The lowest BCUT2D eigenvalue weighted by Gasteiger charge is -2.19. The molecular formula is C14F12. The first kappa shape index (κ1) is 18.4. The van der Waals surface area contributed by atoms with E-state index in [1.807, 2.05) is 0 Å². The van der Waals surface area contributed by atoms with Crippen molar-refractivity contribution in [3.05, 3.63) is 57.4 Å². The van der Waals surface area contributed by atoms with E-state index in [0.29, 0.717) is 0 Å². The van der Waals surface area contributed by atoms with E-state index in [-0.39, 0.29) is 0 Å². The number of alkyl halides is 5. The van der Waals surface area contributed by atoms with Gasteiger partial charge in [0.15, 0.2) is 40.7 Å². The van der Waals surface area contributed by atoms with Crippen LogP contribution in [0.4, 0.5) is 52.7 Å². The van der Waals surface area contributed by atoms with Crippen LogP contribution in [0.5, 0.6) is 0 Å². The Balaban J connectivity index is 2.66. The molecule has 0 radical (unpaired) electrons. The molecule has 0 amide bonds. The minimum atomic E-state index is -6.06. The predicted molar refractivity (Wildman–Crippen MR) is 59.6 cm³/mol. The lowest BCUT2D eigenvalue weighted by atomic mass is 9.97. The largest absolute Gasteiger partial charge is 0.419 e. The summed E-state index contributed by atoms with van der Waals surface area (Å²) in [7, 11) is 0. The summed E-state index contributed by atoms with van der Waals surface area (Å²) in [6.45, 7) is 0. The van der Waals surface area contributed by atoms with Crippen molar-refractivity contribution in [1.82, 2.24) is 0 Å². The molecule has 0 fully saturated rings. The Labute approximate surface area is 134 Å². The molecule has 0 unspecified atom stereocenters. The first-order valence-corrected chi connectivity index (χ1v) is 6.27. The van der Waals surface area contributed by atoms with Gasteiger partial charge in [0.2, 0.25) is 0 Å². The summed E-state index contributed by atoms with van der Waals surface area (Å²) in [4.78, 5) is 0. The molecule has 0 heterocycles. The second kappa shape index (κ2) is 5.07. The Morgan fingerprint density at radius 3 is 1.35 bits per heavy atom. The van der Waals surface area contributed by atoms with Gasteiger partial charge in [0, 0.05) is 11.1 Å². The van der Waals surface area contributed by atoms with Crippen LogP contribution in [0.1, 0.15) is 16.7 Å². The molecule has 1 aliphatic rings. The fourth-order valence-corrected chi connectivity index (χ4v) is 2.76. The zero-order valence-corrected chi connectivity index (χ0v) is 11.5. The Hall–Kier alpha value is -2.40. The van der Waals surface area contributed by atoms with Gasteiger partial charge in [0.25, 0.3) is 0 Å². The van der Waals surface area contributed by atoms with Gasteiger partial charge >= 0.3 is 12.1 Å². The molecule has 140 valence electrons. The minimum absolute atomic E-state index is 2.16. The van der Waals surface area contributed by atoms with E-state index in [1.165, 1.54) is 0 Å². The maximum Gasteiger partial charge on any atom is 0.419 e. The summed E-state index contributed by atoms with van der Waals surface area (Å²) in [6.07, 6.45) is -6.06. The van der Waals surface area contributed by atoms with Crippen molar-refractivity contribution in [1.29, 1.82) is 0 Å². The van der Waals surface area contributed by atoms with Gasteiger partial charge in [0.05, 0.1) is 11.1 Å². The van der Waals surface area contributed by atoms with E-state index in [0.717, 1.165) is 0 Å². The predicted octanol–water partition coefficient (Wildman–Crippen LogP) is 5.80. The molecule has 0 atom stereocenters. The van der Waals surface area contributed by atoms with Gasteiger partial charge in [-0.05, 0) is 0 Å². The van der Waals surface area contributed by atoms with Gasteiger partial charge in [-0.3, -0.25) is 0 Å². The molecule has 0 aromatic heterocycles. The molecule has 0 bridgehead atoms. The Morgan fingerprint density at radius 1 is 0.500 bits per heavy atom. The van der Waals surface area contributed by atoms with Crippen molar-refractivity contribution < 1.29 is 52.7 Å². The van der Waals surface area contributed by atoms with Crippen LogP contribution in [0.15, 0.2) is 0 Å². The summed E-state index contributed by atoms with van der Waals surface area (Å²) in [5.74, 6) is -25.2. The molecule has 2 aromatic rings. The van der Waals surface area contributed by atoms with Crippen molar-refractivity contribution in [2.75, 3.05) is 0 Å². The van der Waals surface area contributed by atoms with Crippen LogP contribution in [0.2, 0.25) is 0 Å². The van der Waals surface area contributed by atoms with E-state index in [2.05, 4.69) is 0 Å². The standard InChI is InChI=1S/C14F12/c15-6-1-2-4(8(17)12(21)11(20)7(2)16)13(22,23)3(1)5(14(24,25)26)9(18)10(6)19. The average molecular weight is 396 g/mol. The van der Waals surface area contributed by atoms with Crippen LogP contribution < -0.4 is 0 Å². The number of fused-ring (bicyclic) bond motifs is 3. The fraction of sp³-hybridized carbons (Fsp3) is 0.143. The van der Waals surface area contributed by atoms with Gasteiger partial charge in [-0.1, -0.05) is 0 Å². The van der Waals surface area contributed by atoms with Gasteiger partial charge in [-0.25, -0.2) is 30.7 Å². The maximum absolute atomic E-state index is 14.3. The zero-order chi connectivity index (χ0) is 19.9. The van der Waals surface area contributed by atoms with Crippen LogP contribution >= 0.6 is 0 Å². The first-order chi connectivity index (χ1) is 11.7. The molecule has 0 saturated heterocycles. The number of halogens is 12. The summed E-state index contributed by atoms with van der Waals surface area (Å²) >= 11 is 0. The monoisotopic (exact) mass is 396 g/mol. The molecule has 0 N–H and O–H groups in total. The molecule has 12 heteroatoms. The van der Waals surface area contributed by atoms with E-state index >= 15 is 0 Å². The second-order valence-electron chi connectivity index (χ2n) is 5.15. The highest BCUT2D eigenvalue weighted by molar-refractivity contribution is 5.82. The molecule has 3 rings (SSSR count). The molecule has 0 nitrogen and oxygen atoms in total. The highest BCUT2D eigenvalue weighted by atomic mass is 19.4. The van der Waals surface area contributed by atoms with Crippen LogP contribution in [0.25, 0.3) is 11.1 Å². The number of rotatable bonds is 0. The van der Waals surface area contributed by atoms with E-state index < -0.39 is 80.6 Å². The first-order valence-electron chi connectivity index (χ1n) is 6.27. The molecular weight excluding hydrogens is 396 g/mol. The molecule has 1 aliphatic carbocycles. The number of benzene rings is 2. The summed E-state index contributed by atoms with van der Waals surface area (Å²) in [6, 6.07) is 0. The zero-order valence-electron chi connectivity index (χ0n) is 11.5. The van der Waals surface area contributed by atoms with Gasteiger partial charge < -0.3 is 0 Å². The average Bonchev–Trinajstić information content (AvgIpc) is 2.76. The smallest absolute Gasteiger partial charge is 0.203 e. The molecule has 0 aliphatic heterocycles. The highest BCUT2D eigenvalue weighted by Crippen LogP contribution is 2.58. The minimum Gasteiger partial charge on any atom is -0.203 e. The molecule has 2 aromatic carbocycles. The molecule has 0 spiro atoms. The topological polar surface area (TPSA) is 0 Å². The van der Waals surface area contributed by atoms with Gasteiger partial charge in [-0.2, -0.15) is 22.0 Å². The van der Waals surface area contributed by atoms with Gasteiger partial charge in [-0.15, -0.1) is 0 Å². The van der Waals surface area contributed by atoms with Crippen molar-refractivity contribution in [3.63, 3.8) is 0 Å².